The third-order valence-electron chi connectivity index (χ3n) is 2.56. The second-order valence-corrected chi connectivity index (χ2v) is 4.11. The number of rotatable bonds is 4. The van der Waals surface area contributed by atoms with Crippen molar-refractivity contribution in [1.29, 1.82) is 0 Å². The highest BCUT2D eigenvalue weighted by molar-refractivity contribution is 5.28. The minimum atomic E-state index is -1.11. The summed E-state index contributed by atoms with van der Waals surface area (Å²) in [5.41, 5.74) is 0.216. The number of aryl methyl sites for hydroxylation is 1. The maximum absolute atomic E-state index is 13.5. The summed E-state index contributed by atoms with van der Waals surface area (Å²) in [5.74, 6) is -0.346. The lowest BCUT2D eigenvalue weighted by atomic mass is 9.91. The van der Waals surface area contributed by atoms with Crippen molar-refractivity contribution in [1.82, 2.24) is 5.32 Å². The van der Waals surface area contributed by atoms with Gasteiger partial charge in [-0.1, -0.05) is 17.7 Å². The summed E-state index contributed by atoms with van der Waals surface area (Å²) in [6.45, 7) is 4.18. The summed E-state index contributed by atoms with van der Waals surface area (Å²) in [4.78, 5) is 0. The first-order chi connectivity index (χ1) is 6.97. The van der Waals surface area contributed by atoms with E-state index in [1.807, 2.05) is 14.0 Å². The molecule has 0 saturated heterocycles. The number of hydrogen-bond acceptors (Lipinski definition) is 2. The third-order valence-corrected chi connectivity index (χ3v) is 2.56. The fourth-order valence-corrected chi connectivity index (χ4v) is 1.55. The number of hydrogen-bond donors (Lipinski definition) is 2. The minimum Gasteiger partial charge on any atom is -0.385 e. The lowest BCUT2D eigenvalue weighted by Crippen LogP contribution is -2.27. The van der Waals surface area contributed by atoms with Gasteiger partial charge in [0.25, 0.3) is 0 Å². The molecule has 1 rings (SSSR count). The highest BCUT2D eigenvalue weighted by Crippen LogP contribution is 2.27. The van der Waals surface area contributed by atoms with Gasteiger partial charge in [-0.05, 0) is 39.9 Å². The molecule has 2 N–H and O–H groups in total. The first-order valence-electron chi connectivity index (χ1n) is 5.11. The van der Waals surface area contributed by atoms with Crippen LogP contribution < -0.4 is 5.32 Å². The van der Waals surface area contributed by atoms with Crippen molar-refractivity contribution in [3.05, 3.63) is 35.1 Å². The van der Waals surface area contributed by atoms with E-state index in [1.54, 1.807) is 19.1 Å². The number of nitrogens with one attached hydrogen (secondary N) is 1. The second-order valence-electron chi connectivity index (χ2n) is 4.11. The molecule has 0 aromatic heterocycles. The van der Waals surface area contributed by atoms with Crippen LogP contribution in [0.15, 0.2) is 18.2 Å². The van der Waals surface area contributed by atoms with Gasteiger partial charge in [0, 0.05) is 5.56 Å². The van der Waals surface area contributed by atoms with Crippen LogP contribution in [0.3, 0.4) is 0 Å². The topological polar surface area (TPSA) is 32.3 Å². The van der Waals surface area contributed by atoms with Crippen LogP contribution in [0.5, 0.6) is 0 Å². The van der Waals surface area contributed by atoms with Crippen molar-refractivity contribution in [2.45, 2.75) is 25.9 Å². The van der Waals surface area contributed by atoms with Crippen LogP contribution in [0.4, 0.5) is 4.39 Å². The predicted octanol–water partition coefficient (Wildman–Crippen LogP) is 1.95. The molecule has 0 aliphatic heterocycles. The van der Waals surface area contributed by atoms with Gasteiger partial charge in [0.1, 0.15) is 5.82 Å². The maximum Gasteiger partial charge on any atom is 0.129 e. The van der Waals surface area contributed by atoms with E-state index >= 15 is 0 Å². The van der Waals surface area contributed by atoms with Gasteiger partial charge in [-0.15, -0.1) is 0 Å². The predicted molar refractivity (Wildman–Crippen MR) is 59.3 cm³/mol. The Morgan fingerprint density at radius 1 is 1.47 bits per heavy atom. The van der Waals surface area contributed by atoms with E-state index in [4.69, 9.17) is 0 Å². The fourth-order valence-electron chi connectivity index (χ4n) is 1.55. The molecule has 84 valence electrons. The van der Waals surface area contributed by atoms with Gasteiger partial charge in [-0.2, -0.15) is 0 Å². The van der Waals surface area contributed by atoms with Crippen LogP contribution >= 0.6 is 0 Å². The summed E-state index contributed by atoms with van der Waals surface area (Å²) >= 11 is 0. The van der Waals surface area contributed by atoms with Crippen LogP contribution in [0, 0.1) is 12.7 Å². The average Bonchev–Trinajstić information content (AvgIpc) is 2.18. The molecule has 2 nitrogen and oxygen atoms in total. The summed E-state index contributed by atoms with van der Waals surface area (Å²) in [6, 6.07) is 4.80. The summed E-state index contributed by atoms with van der Waals surface area (Å²) in [7, 11) is 1.81. The van der Waals surface area contributed by atoms with Gasteiger partial charge in [0.15, 0.2) is 0 Å². The standard InChI is InChI=1S/C12H18FNO/c1-9-4-5-11(13)10(8-9)12(2,15)6-7-14-3/h4-5,8,14-15H,6-7H2,1-3H3. The zero-order valence-electron chi connectivity index (χ0n) is 9.47. The van der Waals surface area contributed by atoms with E-state index in [9.17, 15) is 9.50 Å². The number of halogens is 1. The Kier molecular flexibility index (Phi) is 3.83. The third kappa shape index (κ3) is 3.01. The van der Waals surface area contributed by atoms with Crippen LogP contribution in [-0.2, 0) is 5.60 Å². The molecule has 0 saturated carbocycles. The maximum atomic E-state index is 13.5. The smallest absolute Gasteiger partial charge is 0.129 e. The molecule has 1 atom stereocenters. The van der Waals surface area contributed by atoms with Crippen molar-refractivity contribution in [3.8, 4) is 0 Å². The van der Waals surface area contributed by atoms with Gasteiger partial charge >= 0.3 is 0 Å². The lowest BCUT2D eigenvalue weighted by Gasteiger charge is -2.24. The molecular weight excluding hydrogens is 193 g/mol. The molecule has 0 amide bonds. The van der Waals surface area contributed by atoms with E-state index in [0.717, 1.165) is 5.56 Å². The Labute approximate surface area is 90.1 Å². The average molecular weight is 211 g/mol. The Morgan fingerprint density at radius 2 is 2.13 bits per heavy atom. The second kappa shape index (κ2) is 4.73. The van der Waals surface area contributed by atoms with Crippen molar-refractivity contribution in [2.75, 3.05) is 13.6 Å². The molecule has 0 heterocycles. The van der Waals surface area contributed by atoms with Crippen molar-refractivity contribution in [2.24, 2.45) is 0 Å². The molecule has 1 aromatic carbocycles. The normalized spacial score (nSPS) is 15.0. The highest BCUT2D eigenvalue weighted by atomic mass is 19.1. The van der Waals surface area contributed by atoms with E-state index < -0.39 is 5.60 Å². The molecule has 1 aromatic rings. The molecule has 0 aliphatic rings. The van der Waals surface area contributed by atoms with Gasteiger partial charge < -0.3 is 10.4 Å². The first kappa shape index (κ1) is 12.1. The summed E-state index contributed by atoms with van der Waals surface area (Å²) < 4.78 is 13.5. The Morgan fingerprint density at radius 3 is 2.73 bits per heavy atom. The van der Waals surface area contributed by atoms with E-state index in [1.165, 1.54) is 6.07 Å². The molecule has 3 heteroatoms. The minimum absolute atomic E-state index is 0.346. The summed E-state index contributed by atoms with van der Waals surface area (Å²) in [5, 5.41) is 13.1. The van der Waals surface area contributed by atoms with E-state index in [0.29, 0.717) is 18.5 Å². The lowest BCUT2D eigenvalue weighted by molar-refractivity contribution is 0.0448. The fraction of sp³-hybridized carbons (Fsp3) is 0.500. The molecular formula is C12H18FNO. The Hall–Kier alpha value is -0.930. The molecule has 0 spiro atoms. The van der Waals surface area contributed by atoms with Gasteiger partial charge in [-0.25, -0.2) is 4.39 Å². The molecule has 0 aliphatic carbocycles. The van der Waals surface area contributed by atoms with E-state index in [-0.39, 0.29) is 5.82 Å². The number of benzene rings is 1. The zero-order chi connectivity index (χ0) is 11.5. The number of aliphatic hydroxyl groups is 1. The Bertz CT molecular complexity index is 336. The summed E-state index contributed by atoms with van der Waals surface area (Å²) in [6.07, 6.45) is 0.490. The van der Waals surface area contributed by atoms with Crippen molar-refractivity contribution < 1.29 is 9.50 Å². The molecule has 1 unspecified atom stereocenters. The van der Waals surface area contributed by atoms with Crippen LogP contribution in [0.2, 0.25) is 0 Å². The highest BCUT2D eigenvalue weighted by Gasteiger charge is 2.25. The molecule has 0 radical (unpaired) electrons. The molecule has 0 fully saturated rings. The Balaban J connectivity index is 2.97. The largest absolute Gasteiger partial charge is 0.385 e. The van der Waals surface area contributed by atoms with Crippen LogP contribution in [-0.4, -0.2) is 18.7 Å². The molecule has 15 heavy (non-hydrogen) atoms. The quantitative estimate of drug-likeness (QED) is 0.798. The van der Waals surface area contributed by atoms with Crippen molar-refractivity contribution >= 4 is 0 Å². The monoisotopic (exact) mass is 211 g/mol. The molecule has 0 bridgehead atoms. The van der Waals surface area contributed by atoms with Crippen LogP contribution in [0.25, 0.3) is 0 Å². The first-order valence-corrected chi connectivity index (χ1v) is 5.11. The van der Waals surface area contributed by atoms with Crippen molar-refractivity contribution in [3.63, 3.8) is 0 Å². The van der Waals surface area contributed by atoms with Gasteiger partial charge in [0.05, 0.1) is 5.60 Å². The van der Waals surface area contributed by atoms with Gasteiger partial charge in [0.2, 0.25) is 0 Å². The van der Waals surface area contributed by atoms with Crippen LogP contribution in [0.1, 0.15) is 24.5 Å². The van der Waals surface area contributed by atoms with E-state index in [2.05, 4.69) is 5.32 Å². The van der Waals surface area contributed by atoms with Gasteiger partial charge in [-0.3, -0.25) is 0 Å². The SMILES string of the molecule is CNCCC(C)(O)c1cc(C)ccc1F. The zero-order valence-corrected chi connectivity index (χ0v) is 9.47.